The standard InChI is InChI=1S/C29H29ClN2O2/c1-5-20(3)28(17-22-10-13-25(30)14-11-22)32(27-15-12-23(19-31)16-21(27)4)26-9-7-8-24(18-26)29(33)34-6-2/h7-16,18H,5-6,17H2,1-4H3/b28-20+. The van der Waals surface area contributed by atoms with Crippen molar-refractivity contribution in [1.29, 1.82) is 5.26 Å². The molecule has 0 bridgehead atoms. The number of esters is 1. The largest absolute Gasteiger partial charge is 0.462 e. The molecule has 0 N–H and O–H groups in total. The highest BCUT2D eigenvalue weighted by atomic mass is 35.5. The lowest BCUT2D eigenvalue weighted by atomic mass is 10.00. The number of allylic oxidation sites excluding steroid dienone is 2. The first-order valence-corrected chi connectivity index (χ1v) is 11.8. The predicted octanol–water partition coefficient (Wildman–Crippen LogP) is 7.76. The van der Waals surface area contributed by atoms with Crippen LogP contribution in [0.25, 0.3) is 0 Å². The fourth-order valence-electron chi connectivity index (χ4n) is 3.82. The van der Waals surface area contributed by atoms with Crippen molar-refractivity contribution in [3.05, 3.63) is 105 Å². The van der Waals surface area contributed by atoms with Crippen molar-refractivity contribution in [2.45, 2.75) is 40.5 Å². The molecule has 0 unspecified atom stereocenters. The Balaban J connectivity index is 2.21. The lowest BCUT2D eigenvalue weighted by molar-refractivity contribution is 0.0526. The lowest BCUT2D eigenvalue weighted by Gasteiger charge is -2.31. The van der Waals surface area contributed by atoms with Crippen LogP contribution in [-0.2, 0) is 11.2 Å². The first-order chi connectivity index (χ1) is 16.4. The molecule has 174 valence electrons. The van der Waals surface area contributed by atoms with Crippen LogP contribution >= 0.6 is 11.6 Å². The van der Waals surface area contributed by atoms with Gasteiger partial charge in [-0.15, -0.1) is 0 Å². The van der Waals surface area contributed by atoms with Crippen LogP contribution in [0.2, 0.25) is 5.02 Å². The molecule has 4 nitrogen and oxygen atoms in total. The van der Waals surface area contributed by atoms with Crippen LogP contribution in [0.5, 0.6) is 0 Å². The normalized spacial score (nSPS) is 11.4. The second-order valence-corrected chi connectivity index (χ2v) is 8.54. The number of hydrogen-bond acceptors (Lipinski definition) is 4. The maximum absolute atomic E-state index is 12.5. The van der Waals surface area contributed by atoms with E-state index in [4.69, 9.17) is 16.3 Å². The fraction of sp³-hybridized carbons (Fsp3) is 0.241. The van der Waals surface area contributed by atoms with Crippen molar-refractivity contribution in [3.63, 3.8) is 0 Å². The van der Waals surface area contributed by atoms with Crippen molar-refractivity contribution >= 4 is 28.9 Å². The highest BCUT2D eigenvalue weighted by molar-refractivity contribution is 6.30. The van der Waals surface area contributed by atoms with Gasteiger partial charge < -0.3 is 9.64 Å². The van der Waals surface area contributed by atoms with E-state index in [9.17, 15) is 10.1 Å². The average Bonchev–Trinajstić information content (AvgIpc) is 2.85. The predicted molar refractivity (Wildman–Crippen MR) is 139 cm³/mol. The number of carbonyl (C=O) groups is 1. The molecule has 34 heavy (non-hydrogen) atoms. The highest BCUT2D eigenvalue weighted by Crippen LogP contribution is 2.36. The minimum absolute atomic E-state index is 0.318. The average molecular weight is 473 g/mol. The Kier molecular flexibility index (Phi) is 8.51. The number of hydrogen-bond donors (Lipinski definition) is 0. The summed E-state index contributed by atoms with van der Waals surface area (Å²) >= 11 is 6.12. The molecule has 0 fully saturated rings. The number of benzene rings is 3. The summed E-state index contributed by atoms with van der Waals surface area (Å²) in [5, 5.41) is 10.1. The third-order valence-corrected chi connectivity index (χ3v) is 6.01. The van der Waals surface area contributed by atoms with Crippen LogP contribution in [0, 0.1) is 18.3 Å². The maximum atomic E-state index is 12.5. The number of nitriles is 1. The van der Waals surface area contributed by atoms with Crippen molar-refractivity contribution < 1.29 is 9.53 Å². The zero-order chi connectivity index (χ0) is 24.7. The van der Waals surface area contributed by atoms with Crippen LogP contribution in [0.15, 0.2) is 78.0 Å². The van der Waals surface area contributed by atoms with E-state index in [1.807, 2.05) is 67.6 Å². The van der Waals surface area contributed by atoms with Gasteiger partial charge in [0, 0.05) is 28.5 Å². The van der Waals surface area contributed by atoms with Crippen LogP contribution in [0.3, 0.4) is 0 Å². The highest BCUT2D eigenvalue weighted by Gasteiger charge is 2.21. The summed E-state index contributed by atoms with van der Waals surface area (Å²) in [6.45, 7) is 8.38. The van der Waals surface area contributed by atoms with Crippen LogP contribution in [-0.4, -0.2) is 12.6 Å². The van der Waals surface area contributed by atoms with Gasteiger partial charge in [-0.3, -0.25) is 0 Å². The van der Waals surface area contributed by atoms with Crippen LogP contribution in [0.1, 0.15) is 54.2 Å². The Bertz CT molecular complexity index is 1240. The Labute approximate surface area is 207 Å². The van der Waals surface area contributed by atoms with E-state index in [2.05, 4.69) is 24.8 Å². The first kappa shape index (κ1) is 25.1. The van der Waals surface area contributed by atoms with Gasteiger partial charge in [-0.05, 0) is 86.8 Å². The number of ether oxygens (including phenoxy) is 1. The monoisotopic (exact) mass is 472 g/mol. The molecule has 0 aliphatic rings. The molecule has 0 heterocycles. The number of aryl methyl sites for hydroxylation is 1. The molecule has 3 aromatic carbocycles. The summed E-state index contributed by atoms with van der Waals surface area (Å²) in [6.07, 6.45) is 1.55. The third kappa shape index (κ3) is 5.87. The van der Waals surface area contributed by atoms with E-state index in [0.717, 1.165) is 34.6 Å². The topological polar surface area (TPSA) is 53.3 Å². The van der Waals surface area contributed by atoms with Crippen molar-refractivity contribution in [2.75, 3.05) is 11.5 Å². The van der Waals surface area contributed by atoms with E-state index < -0.39 is 0 Å². The van der Waals surface area contributed by atoms with Gasteiger partial charge >= 0.3 is 5.97 Å². The number of halogens is 1. The van der Waals surface area contributed by atoms with Gasteiger partial charge in [0.2, 0.25) is 0 Å². The fourth-order valence-corrected chi connectivity index (χ4v) is 3.95. The molecule has 0 saturated heterocycles. The molecule has 0 atom stereocenters. The SMILES string of the molecule is CCOC(=O)c1cccc(N(/C(Cc2ccc(Cl)cc2)=C(\C)CC)c2ccc(C#N)cc2C)c1. The second kappa shape index (κ2) is 11.5. The van der Waals surface area contributed by atoms with Crippen molar-refractivity contribution in [1.82, 2.24) is 0 Å². The molecule has 0 saturated carbocycles. The van der Waals surface area contributed by atoms with Crippen molar-refractivity contribution in [2.24, 2.45) is 0 Å². The summed E-state index contributed by atoms with van der Waals surface area (Å²) in [6, 6.07) is 23.2. The minimum atomic E-state index is -0.351. The number of carbonyl (C=O) groups excluding carboxylic acids is 1. The Morgan fingerprint density at radius 1 is 1.06 bits per heavy atom. The smallest absolute Gasteiger partial charge is 0.338 e. The summed E-state index contributed by atoms with van der Waals surface area (Å²) in [5.74, 6) is -0.351. The molecule has 0 spiro atoms. The Hall–Kier alpha value is -3.55. The molecule has 0 aromatic heterocycles. The van der Waals surface area contributed by atoms with E-state index >= 15 is 0 Å². The van der Waals surface area contributed by atoms with Gasteiger partial charge in [0.1, 0.15) is 0 Å². The summed E-state index contributed by atoms with van der Waals surface area (Å²) < 4.78 is 5.24. The number of nitrogens with zero attached hydrogens (tertiary/aromatic N) is 2. The van der Waals surface area contributed by atoms with Crippen LogP contribution < -0.4 is 4.90 Å². The van der Waals surface area contributed by atoms with Crippen LogP contribution in [0.4, 0.5) is 11.4 Å². The molecule has 0 amide bonds. The molecule has 3 aromatic rings. The molecule has 3 rings (SSSR count). The summed E-state index contributed by atoms with van der Waals surface area (Å²) in [7, 11) is 0. The molecule has 0 radical (unpaired) electrons. The summed E-state index contributed by atoms with van der Waals surface area (Å²) in [4.78, 5) is 14.7. The zero-order valence-electron chi connectivity index (χ0n) is 20.1. The summed E-state index contributed by atoms with van der Waals surface area (Å²) in [5.41, 5.74) is 7.35. The molecular formula is C29H29ClN2O2. The maximum Gasteiger partial charge on any atom is 0.338 e. The zero-order valence-corrected chi connectivity index (χ0v) is 20.8. The first-order valence-electron chi connectivity index (χ1n) is 11.4. The Morgan fingerprint density at radius 2 is 1.79 bits per heavy atom. The molecular weight excluding hydrogens is 444 g/mol. The van der Waals surface area contributed by atoms with Gasteiger partial charge in [-0.2, -0.15) is 5.26 Å². The van der Waals surface area contributed by atoms with Gasteiger partial charge in [-0.25, -0.2) is 4.79 Å². The Morgan fingerprint density at radius 3 is 2.41 bits per heavy atom. The van der Waals surface area contributed by atoms with E-state index in [1.54, 1.807) is 13.0 Å². The van der Waals surface area contributed by atoms with E-state index in [1.165, 1.54) is 5.57 Å². The number of rotatable bonds is 8. The van der Waals surface area contributed by atoms with Gasteiger partial charge in [-0.1, -0.05) is 42.3 Å². The van der Waals surface area contributed by atoms with Gasteiger partial charge in [0.15, 0.2) is 0 Å². The molecule has 0 aliphatic heterocycles. The minimum Gasteiger partial charge on any atom is -0.462 e. The quantitative estimate of drug-likeness (QED) is 0.314. The van der Waals surface area contributed by atoms with Crippen molar-refractivity contribution in [3.8, 4) is 6.07 Å². The second-order valence-electron chi connectivity index (χ2n) is 8.10. The van der Waals surface area contributed by atoms with E-state index in [0.29, 0.717) is 29.2 Å². The van der Waals surface area contributed by atoms with E-state index in [-0.39, 0.29) is 5.97 Å². The lowest BCUT2D eigenvalue weighted by Crippen LogP contribution is -2.21. The molecule has 5 heteroatoms. The van der Waals surface area contributed by atoms with Gasteiger partial charge in [0.25, 0.3) is 0 Å². The molecule has 0 aliphatic carbocycles. The third-order valence-electron chi connectivity index (χ3n) is 5.76. The number of anilines is 2. The van der Waals surface area contributed by atoms with Gasteiger partial charge in [0.05, 0.1) is 23.8 Å².